The molecule has 4 heterocycles. The molecule has 55 heavy (non-hydrogen) atoms. The molecule has 0 bridgehead atoms. The summed E-state index contributed by atoms with van der Waals surface area (Å²) in [5, 5.41) is 18.9. The fourth-order valence-electron chi connectivity index (χ4n) is 6.43. The van der Waals surface area contributed by atoms with E-state index in [2.05, 4.69) is 16.0 Å². The highest BCUT2D eigenvalue weighted by Gasteiger charge is 2.44. The van der Waals surface area contributed by atoms with E-state index < -0.39 is 34.6 Å². The summed E-state index contributed by atoms with van der Waals surface area (Å²) in [6.45, 7) is 0.343. The Bertz CT molecular complexity index is 2360. The van der Waals surface area contributed by atoms with Gasteiger partial charge in [0.15, 0.2) is 5.76 Å². The second-order valence-corrected chi connectivity index (χ2v) is 12.9. The van der Waals surface area contributed by atoms with Crippen LogP contribution in [0.3, 0.4) is 0 Å². The number of non-ortho nitro benzene ring substituents is 1. The van der Waals surface area contributed by atoms with Gasteiger partial charge in [0, 0.05) is 49.2 Å². The van der Waals surface area contributed by atoms with Gasteiger partial charge in [-0.3, -0.25) is 49.1 Å². The number of hydrogen-bond acceptors (Lipinski definition) is 10. The van der Waals surface area contributed by atoms with E-state index in [0.29, 0.717) is 40.3 Å². The number of fused-ring (bicyclic) bond motifs is 1. The van der Waals surface area contributed by atoms with E-state index in [1.807, 2.05) is 12.1 Å². The third-order valence-electron chi connectivity index (χ3n) is 9.31. The molecule has 3 aromatic carbocycles. The number of rotatable bonds is 12. The number of furan rings is 1. The van der Waals surface area contributed by atoms with Crippen LogP contribution >= 0.6 is 0 Å². The number of nitrogens with one attached hydrogen (secondary N) is 3. The summed E-state index contributed by atoms with van der Waals surface area (Å²) in [4.78, 5) is 91.5. The molecule has 0 aliphatic carbocycles. The molecule has 2 aliphatic rings. The van der Waals surface area contributed by atoms with Gasteiger partial charge in [0.1, 0.15) is 11.7 Å². The molecule has 2 aliphatic heterocycles. The number of benzene rings is 3. The van der Waals surface area contributed by atoms with Crippen molar-refractivity contribution < 1.29 is 38.1 Å². The molecule has 0 radical (unpaired) electrons. The molecule has 1 unspecified atom stereocenters. The van der Waals surface area contributed by atoms with Crippen molar-refractivity contribution in [1.82, 2.24) is 25.8 Å². The molecular weight excluding hydrogens is 708 g/mol. The number of pyridine rings is 1. The molecule has 15 nitrogen and oxygen atoms in total. The molecule has 276 valence electrons. The predicted octanol–water partition coefficient (Wildman–Crippen LogP) is 4.81. The van der Waals surface area contributed by atoms with Crippen LogP contribution in [0.25, 0.3) is 33.8 Å². The van der Waals surface area contributed by atoms with Crippen LogP contribution in [0.15, 0.2) is 102 Å². The number of imide groups is 2. The zero-order valence-electron chi connectivity index (χ0n) is 29.1. The minimum Gasteiger partial charge on any atom is -0.463 e. The minimum atomic E-state index is -1.06. The molecule has 7 rings (SSSR count). The molecule has 0 spiro atoms. The molecule has 15 heteroatoms. The number of aromatic nitrogens is 1. The van der Waals surface area contributed by atoms with Crippen LogP contribution in [0.2, 0.25) is 0 Å². The molecule has 3 N–H and O–H groups in total. The standard InChI is InChI=1S/C40H32N6O9/c47-35(42-22-23-5-14-29-30(19-23)40(52)45(39(29)51)33-15-16-36(48)44-38(33)50)4-1-17-41-37(49)26-8-6-24(7-9-26)27-20-31(25-10-12-28(13-11-25)46(53)54)43-32(21-27)34-3-2-18-55-34/h2-3,5-14,18-21,33H,1,4,15-17,22H2,(H,41,49)(H,42,47)(H,44,48,50). The third-order valence-corrected chi connectivity index (χ3v) is 9.31. The first kappa shape index (κ1) is 36.1. The predicted molar refractivity (Wildman–Crippen MR) is 196 cm³/mol. The van der Waals surface area contributed by atoms with E-state index in [4.69, 9.17) is 9.40 Å². The maximum absolute atomic E-state index is 13.1. The number of nitro benzene ring substituents is 1. The summed E-state index contributed by atoms with van der Waals surface area (Å²) in [5.74, 6) is -2.41. The average molecular weight is 741 g/mol. The van der Waals surface area contributed by atoms with E-state index in [-0.39, 0.29) is 61.0 Å². The van der Waals surface area contributed by atoms with Crippen molar-refractivity contribution in [2.45, 2.75) is 38.3 Å². The van der Waals surface area contributed by atoms with Crippen LogP contribution in [0.4, 0.5) is 5.69 Å². The number of nitrogens with zero attached hydrogens (tertiary/aromatic N) is 3. The Hall–Kier alpha value is -7.29. The molecule has 0 saturated carbocycles. The van der Waals surface area contributed by atoms with E-state index in [0.717, 1.165) is 16.0 Å². The van der Waals surface area contributed by atoms with Crippen LogP contribution in [-0.4, -0.2) is 62.8 Å². The van der Waals surface area contributed by atoms with Crippen LogP contribution in [0.1, 0.15) is 62.3 Å². The highest BCUT2D eigenvalue weighted by Crippen LogP contribution is 2.32. The Morgan fingerprint density at radius 2 is 1.58 bits per heavy atom. The first-order valence-corrected chi connectivity index (χ1v) is 17.4. The molecular formula is C40H32N6O9. The van der Waals surface area contributed by atoms with Crippen LogP contribution < -0.4 is 16.0 Å². The van der Waals surface area contributed by atoms with Gasteiger partial charge in [0.25, 0.3) is 23.4 Å². The second-order valence-electron chi connectivity index (χ2n) is 12.9. The van der Waals surface area contributed by atoms with Crippen LogP contribution in [0.5, 0.6) is 0 Å². The summed E-state index contributed by atoms with van der Waals surface area (Å²) in [7, 11) is 0. The topological polar surface area (TPSA) is 211 Å². The quantitative estimate of drug-likeness (QED) is 0.0688. The second kappa shape index (κ2) is 15.4. The average Bonchev–Trinajstić information content (AvgIpc) is 3.82. The lowest BCUT2D eigenvalue weighted by Gasteiger charge is -2.27. The lowest BCUT2D eigenvalue weighted by Crippen LogP contribution is -2.54. The van der Waals surface area contributed by atoms with Crippen molar-refractivity contribution in [2.75, 3.05) is 6.54 Å². The van der Waals surface area contributed by atoms with Gasteiger partial charge in [0.2, 0.25) is 17.7 Å². The van der Waals surface area contributed by atoms with Gasteiger partial charge in [-0.1, -0.05) is 18.2 Å². The summed E-state index contributed by atoms with van der Waals surface area (Å²) < 4.78 is 5.57. The van der Waals surface area contributed by atoms with E-state index in [1.165, 1.54) is 24.3 Å². The first-order valence-electron chi connectivity index (χ1n) is 17.4. The zero-order chi connectivity index (χ0) is 38.6. The Kier molecular flexibility index (Phi) is 10.1. The number of nitro groups is 1. The van der Waals surface area contributed by atoms with Crippen molar-refractivity contribution in [3.05, 3.63) is 130 Å². The van der Waals surface area contributed by atoms with E-state index in [1.54, 1.807) is 60.9 Å². The van der Waals surface area contributed by atoms with E-state index in [9.17, 15) is 38.9 Å². The Balaban J connectivity index is 0.911. The lowest BCUT2D eigenvalue weighted by molar-refractivity contribution is -0.384. The fraction of sp³-hybridized carbons (Fsp3) is 0.175. The maximum Gasteiger partial charge on any atom is 0.269 e. The molecule has 5 aromatic rings. The monoisotopic (exact) mass is 740 g/mol. The largest absolute Gasteiger partial charge is 0.463 e. The van der Waals surface area contributed by atoms with Crippen LogP contribution in [0, 0.1) is 10.1 Å². The number of carbonyl (C=O) groups is 6. The SMILES string of the molecule is O=C(CCCNC(=O)c1ccc(-c2cc(-c3ccc([N+](=O)[O-])cc3)nc(-c3ccco3)c2)cc1)NCc1ccc2c(c1)C(=O)N(C1CCC(=O)NC1=O)C2=O. The van der Waals surface area contributed by atoms with Crippen molar-refractivity contribution >= 4 is 41.1 Å². The van der Waals surface area contributed by atoms with Crippen molar-refractivity contribution in [3.63, 3.8) is 0 Å². The number of hydrogen-bond donors (Lipinski definition) is 3. The fourth-order valence-corrected chi connectivity index (χ4v) is 6.43. The molecule has 1 atom stereocenters. The van der Waals surface area contributed by atoms with Crippen LogP contribution in [-0.2, 0) is 20.9 Å². The number of piperidine rings is 1. The molecule has 1 saturated heterocycles. The Morgan fingerprint density at radius 3 is 2.29 bits per heavy atom. The van der Waals surface area contributed by atoms with Gasteiger partial charge >= 0.3 is 0 Å². The van der Waals surface area contributed by atoms with Crippen molar-refractivity contribution in [1.29, 1.82) is 0 Å². The summed E-state index contributed by atoms with van der Waals surface area (Å²) >= 11 is 0. The highest BCUT2D eigenvalue weighted by atomic mass is 16.6. The van der Waals surface area contributed by atoms with Gasteiger partial charge in [-0.25, -0.2) is 4.98 Å². The van der Waals surface area contributed by atoms with E-state index >= 15 is 0 Å². The number of carbonyl (C=O) groups excluding carboxylic acids is 6. The number of amides is 6. The van der Waals surface area contributed by atoms with Gasteiger partial charge < -0.3 is 15.1 Å². The molecule has 2 aromatic heterocycles. The Morgan fingerprint density at radius 1 is 0.855 bits per heavy atom. The van der Waals surface area contributed by atoms with Gasteiger partial charge in [-0.15, -0.1) is 0 Å². The maximum atomic E-state index is 13.1. The van der Waals surface area contributed by atoms with Gasteiger partial charge in [0.05, 0.1) is 28.0 Å². The van der Waals surface area contributed by atoms with Gasteiger partial charge in [-0.2, -0.15) is 0 Å². The zero-order valence-corrected chi connectivity index (χ0v) is 29.1. The molecule has 6 amide bonds. The summed E-state index contributed by atoms with van der Waals surface area (Å²) in [6, 6.07) is 23.9. The normalized spacial score (nSPS) is 15.1. The summed E-state index contributed by atoms with van der Waals surface area (Å²) in [6.07, 6.45) is 2.12. The molecule has 1 fully saturated rings. The highest BCUT2D eigenvalue weighted by molar-refractivity contribution is 6.23. The third kappa shape index (κ3) is 7.76. The Labute approximate surface area is 312 Å². The summed E-state index contributed by atoms with van der Waals surface area (Å²) in [5.41, 5.74) is 4.69. The smallest absolute Gasteiger partial charge is 0.269 e. The van der Waals surface area contributed by atoms with Crippen molar-refractivity contribution in [2.24, 2.45) is 0 Å². The lowest BCUT2D eigenvalue weighted by atomic mass is 10.00. The first-order chi connectivity index (χ1) is 26.5. The van der Waals surface area contributed by atoms with Crippen molar-refractivity contribution in [3.8, 4) is 33.8 Å². The minimum absolute atomic E-state index is 0.0247. The van der Waals surface area contributed by atoms with Gasteiger partial charge in [-0.05, 0) is 90.2 Å².